The molecular formula is C11H16O2S2. The van der Waals surface area contributed by atoms with Gasteiger partial charge in [-0.2, -0.15) is 11.8 Å². The second-order valence-corrected chi connectivity index (χ2v) is 5.84. The predicted octanol–water partition coefficient (Wildman–Crippen LogP) is 3.73. The third kappa shape index (κ3) is 4.26. The van der Waals surface area contributed by atoms with Crippen LogP contribution in [0, 0.1) is 5.92 Å². The number of hydrogen-bond acceptors (Lipinski definition) is 3. The highest BCUT2D eigenvalue weighted by molar-refractivity contribution is 7.98. The first kappa shape index (κ1) is 12.6. The molecule has 0 radical (unpaired) electrons. The van der Waals surface area contributed by atoms with Crippen LogP contribution in [-0.2, 0) is 5.75 Å². The number of thioether (sulfide) groups is 1. The zero-order valence-electron chi connectivity index (χ0n) is 9.03. The third-order valence-electron chi connectivity index (χ3n) is 2.04. The fraction of sp³-hybridized carbons (Fsp3) is 0.545. The molecule has 1 N–H and O–H groups in total. The second-order valence-electron chi connectivity index (χ2n) is 3.82. The Hall–Kier alpha value is -0.480. The first-order valence-corrected chi connectivity index (χ1v) is 7.02. The fourth-order valence-corrected chi connectivity index (χ4v) is 3.23. The summed E-state index contributed by atoms with van der Waals surface area (Å²) in [5, 5.41) is 10.7. The molecular weight excluding hydrogens is 228 g/mol. The van der Waals surface area contributed by atoms with E-state index in [0.29, 0.717) is 4.88 Å². The Morgan fingerprint density at radius 2 is 2.33 bits per heavy atom. The molecule has 1 heterocycles. The molecule has 0 unspecified atom stereocenters. The smallest absolute Gasteiger partial charge is 0.346 e. The van der Waals surface area contributed by atoms with E-state index in [1.807, 2.05) is 23.2 Å². The average molecular weight is 244 g/mol. The monoisotopic (exact) mass is 244 g/mol. The van der Waals surface area contributed by atoms with Gasteiger partial charge in [0.2, 0.25) is 0 Å². The normalized spacial score (nSPS) is 10.9. The lowest BCUT2D eigenvalue weighted by Crippen LogP contribution is -1.97. The van der Waals surface area contributed by atoms with Crippen LogP contribution in [-0.4, -0.2) is 16.8 Å². The van der Waals surface area contributed by atoms with Crippen LogP contribution in [0.1, 0.15) is 35.5 Å². The van der Waals surface area contributed by atoms with Crippen molar-refractivity contribution in [1.29, 1.82) is 0 Å². The maximum absolute atomic E-state index is 10.8. The van der Waals surface area contributed by atoms with Gasteiger partial charge in [0.15, 0.2) is 0 Å². The van der Waals surface area contributed by atoms with Gasteiger partial charge in [-0.05, 0) is 35.1 Å². The quantitative estimate of drug-likeness (QED) is 0.775. The van der Waals surface area contributed by atoms with Gasteiger partial charge in [0, 0.05) is 5.75 Å². The zero-order chi connectivity index (χ0) is 11.3. The minimum absolute atomic E-state index is 0.493. The molecule has 15 heavy (non-hydrogen) atoms. The summed E-state index contributed by atoms with van der Waals surface area (Å²) in [6.07, 6.45) is 1.19. The number of carbonyl (C=O) groups is 1. The van der Waals surface area contributed by atoms with E-state index in [9.17, 15) is 4.79 Å². The topological polar surface area (TPSA) is 37.3 Å². The summed E-state index contributed by atoms with van der Waals surface area (Å²) in [4.78, 5) is 11.3. The van der Waals surface area contributed by atoms with E-state index in [1.54, 1.807) is 0 Å². The first-order valence-electron chi connectivity index (χ1n) is 4.98. The van der Waals surface area contributed by atoms with Crippen molar-refractivity contribution < 1.29 is 9.90 Å². The standard InChI is InChI=1S/C11H16O2S2/c1-8(2)3-5-14-7-9-4-6-15-10(9)11(12)13/h4,6,8H,3,5,7H2,1-2H3,(H,12,13). The molecule has 1 aromatic rings. The van der Waals surface area contributed by atoms with E-state index < -0.39 is 5.97 Å². The Morgan fingerprint density at radius 3 is 2.93 bits per heavy atom. The molecule has 0 aliphatic heterocycles. The summed E-state index contributed by atoms with van der Waals surface area (Å²) < 4.78 is 0. The summed E-state index contributed by atoms with van der Waals surface area (Å²) in [7, 11) is 0. The second kappa shape index (κ2) is 6.18. The predicted molar refractivity (Wildman–Crippen MR) is 66.9 cm³/mol. The van der Waals surface area contributed by atoms with Crippen LogP contribution in [0.3, 0.4) is 0 Å². The molecule has 0 atom stereocenters. The Kier molecular flexibility index (Phi) is 5.19. The lowest BCUT2D eigenvalue weighted by Gasteiger charge is -2.04. The van der Waals surface area contributed by atoms with Crippen LogP contribution < -0.4 is 0 Å². The van der Waals surface area contributed by atoms with Crippen LogP contribution in [0.25, 0.3) is 0 Å². The highest BCUT2D eigenvalue weighted by Gasteiger charge is 2.10. The lowest BCUT2D eigenvalue weighted by molar-refractivity contribution is 0.0701. The minimum Gasteiger partial charge on any atom is -0.477 e. The molecule has 0 aliphatic carbocycles. The Balaban J connectivity index is 2.37. The molecule has 84 valence electrons. The van der Waals surface area contributed by atoms with Gasteiger partial charge in [-0.15, -0.1) is 11.3 Å². The number of carboxylic acids is 1. The number of aromatic carboxylic acids is 1. The summed E-state index contributed by atoms with van der Waals surface area (Å²) in [5.74, 6) is 1.84. The van der Waals surface area contributed by atoms with Gasteiger partial charge in [-0.3, -0.25) is 0 Å². The fourth-order valence-electron chi connectivity index (χ4n) is 1.14. The van der Waals surface area contributed by atoms with Gasteiger partial charge >= 0.3 is 5.97 Å². The Bertz CT molecular complexity index is 318. The molecule has 0 fully saturated rings. The van der Waals surface area contributed by atoms with E-state index in [4.69, 9.17) is 5.11 Å². The van der Waals surface area contributed by atoms with Crippen LogP contribution in [0.4, 0.5) is 0 Å². The van der Waals surface area contributed by atoms with Gasteiger partial charge < -0.3 is 5.11 Å². The zero-order valence-corrected chi connectivity index (χ0v) is 10.7. The molecule has 0 saturated heterocycles. The number of rotatable bonds is 6. The third-order valence-corrected chi connectivity index (χ3v) is 4.02. The summed E-state index contributed by atoms with van der Waals surface area (Å²) >= 11 is 3.12. The van der Waals surface area contributed by atoms with Crippen LogP contribution in [0.5, 0.6) is 0 Å². The average Bonchev–Trinajstić information content (AvgIpc) is 2.60. The van der Waals surface area contributed by atoms with Crippen molar-refractivity contribution in [1.82, 2.24) is 0 Å². The minimum atomic E-state index is -0.801. The van der Waals surface area contributed by atoms with E-state index in [1.165, 1.54) is 17.8 Å². The van der Waals surface area contributed by atoms with E-state index >= 15 is 0 Å². The Labute approximate surface area is 98.7 Å². The summed E-state index contributed by atoms with van der Waals surface area (Å²) in [6, 6.07) is 1.91. The number of thiophene rings is 1. The molecule has 2 nitrogen and oxygen atoms in total. The van der Waals surface area contributed by atoms with E-state index in [0.717, 1.165) is 23.0 Å². The molecule has 0 aromatic carbocycles. The van der Waals surface area contributed by atoms with Gasteiger partial charge in [0.25, 0.3) is 0 Å². The van der Waals surface area contributed by atoms with E-state index in [-0.39, 0.29) is 0 Å². The van der Waals surface area contributed by atoms with Crippen molar-refractivity contribution >= 4 is 29.1 Å². The summed E-state index contributed by atoms with van der Waals surface area (Å²) in [6.45, 7) is 4.40. The van der Waals surface area contributed by atoms with Crippen LogP contribution >= 0.6 is 23.1 Å². The van der Waals surface area contributed by atoms with Crippen LogP contribution in [0.15, 0.2) is 11.4 Å². The van der Waals surface area contributed by atoms with Crippen molar-refractivity contribution in [3.05, 3.63) is 21.9 Å². The molecule has 0 amide bonds. The maximum atomic E-state index is 10.8. The van der Waals surface area contributed by atoms with Gasteiger partial charge in [-0.1, -0.05) is 13.8 Å². The van der Waals surface area contributed by atoms with Crippen molar-refractivity contribution in [3.63, 3.8) is 0 Å². The van der Waals surface area contributed by atoms with Gasteiger partial charge in [-0.25, -0.2) is 4.79 Å². The van der Waals surface area contributed by atoms with E-state index in [2.05, 4.69) is 13.8 Å². The molecule has 1 rings (SSSR count). The van der Waals surface area contributed by atoms with Crippen LogP contribution in [0.2, 0.25) is 0 Å². The van der Waals surface area contributed by atoms with Crippen molar-refractivity contribution in [3.8, 4) is 0 Å². The first-order chi connectivity index (χ1) is 7.11. The molecule has 1 aromatic heterocycles. The van der Waals surface area contributed by atoms with Gasteiger partial charge in [0.1, 0.15) is 4.88 Å². The van der Waals surface area contributed by atoms with Crippen molar-refractivity contribution in [2.24, 2.45) is 5.92 Å². The molecule has 0 bridgehead atoms. The van der Waals surface area contributed by atoms with Crippen molar-refractivity contribution in [2.45, 2.75) is 26.0 Å². The SMILES string of the molecule is CC(C)CCSCc1ccsc1C(=O)O. The summed E-state index contributed by atoms with van der Waals surface area (Å²) in [5.41, 5.74) is 0.959. The molecule has 4 heteroatoms. The molecule has 0 saturated carbocycles. The molecule has 0 aliphatic rings. The largest absolute Gasteiger partial charge is 0.477 e. The highest BCUT2D eigenvalue weighted by Crippen LogP contribution is 2.22. The maximum Gasteiger partial charge on any atom is 0.346 e. The van der Waals surface area contributed by atoms with Gasteiger partial charge in [0.05, 0.1) is 0 Å². The lowest BCUT2D eigenvalue weighted by atomic mass is 10.2. The Morgan fingerprint density at radius 1 is 1.60 bits per heavy atom. The molecule has 0 spiro atoms. The van der Waals surface area contributed by atoms with Crippen molar-refractivity contribution in [2.75, 3.05) is 5.75 Å². The number of carboxylic acid groups (broad SMARTS) is 1. The highest BCUT2D eigenvalue weighted by atomic mass is 32.2. The number of hydrogen-bond donors (Lipinski definition) is 1.